The second kappa shape index (κ2) is 7.98. The van der Waals surface area contributed by atoms with Gasteiger partial charge in [-0.2, -0.15) is 0 Å². The highest BCUT2D eigenvalue weighted by atomic mass is 35.5. The standard InChI is InChI=1S/C20H14ClFN2O3S2/c1-26-11-4-6-15(27-2)13(8-11)14-9-28-20(23-14)24-19(25)18-17(21)12-5-3-10(22)7-16(12)29-18/h3-9H,1-2H3,(H,23,24,25). The molecule has 29 heavy (non-hydrogen) atoms. The van der Waals surface area contributed by atoms with Gasteiger partial charge < -0.3 is 9.47 Å². The van der Waals surface area contributed by atoms with Crippen LogP contribution in [0.1, 0.15) is 9.67 Å². The minimum absolute atomic E-state index is 0.300. The number of carbonyl (C=O) groups excluding carboxylic acids is 1. The number of carbonyl (C=O) groups is 1. The van der Waals surface area contributed by atoms with Crippen LogP contribution in [0.4, 0.5) is 9.52 Å². The van der Waals surface area contributed by atoms with Crippen molar-refractivity contribution in [1.29, 1.82) is 0 Å². The average Bonchev–Trinajstić information content (AvgIpc) is 3.31. The zero-order valence-electron chi connectivity index (χ0n) is 15.3. The van der Waals surface area contributed by atoms with Crippen molar-refractivity contribution in [3.63, 3.8) is 0 Å². The summed E-state index contributed by atoms with van der Waals surface area (Å²) in [6.45, 7) is 0. The molecule has 2 aromatic carbocycles. The molecule has 0 unspecified atom stereocenters. The first-order valence-electron chi connectivity index (χ1n) is 8.37. The number of fused-ring (bicyclic) bond motifs is 1. The van der Waals surface area contributed by atoms with E-state index >= 15 is 0 Å². The molecule has 0 bridgehead atoms. The summed E-state index contributed by atoms with van der Waals surface area (Å²) in [4.78, 5) is 17.5. The molecule has 0 aliphatic heterocycles. The van der Waals surface area contributed by atoms with Gasteiger partial charge in [0.1, 0.15) is 22.2 Å². The number of methoxy groups -OCH3 is 2. The predicted molar refractivity (Wildman–Crippen MR) is 115 cm³/mol. The Balaban J connectivity index is 1.62. The van der Waals surface area contributed by atoms with Crippen molar-refractivity contribution in [2.75, 3.05) is 19.5 Å². The van der Waals surface area contributed by atoms with Gasteiger partial charge in [-0.25, -0.2) is 9.37 Å². The van der Waals surface area contributed by atoms with Gasteiger partial charge in [0, 0.05) is 21.0 Å². The lowest BCUT2D eigenvalue weighted by atomic mass is 10.1. The van der Waals surface area contributed by atoms with Crippen molar-refractivity contribution in [3.8, 4) is 22.8 Å². The third kappa shape index (κ3) is 3.78. The van der Waals surface area contributed by atoms with Crippen molar-refractivity contribution in [3.05, 3.63) is 57.5 Å². The lowest BCUT2D eigenvalue weighted by molar-refractivity contribution is 0.103. The molecule has 9 heteroatoms. The number of halogens is 2. The third-order valence-electron chi connectivity index (χ3n) is 4.20. The number of benzene rings is 2. The summed E-state index contributed by atoms with van der Waals surface area (Å²) in [6, 6.07) is 9.65. The summed E-state index contributed by atoms with van der Waals surface area (Å²) in [5.41, 5.74) is 1.39. The lowest BCUT2D eigenvalue weighted by Gasteiger charge is -2.08. The normalized spacial score (nSPS) is 10.9. The summed E-state index contributed by atoms with van der Waals surface area (Å²) in [7, 11) is 3.16. The zero-order chi connectivity index (χ0) is 20.5. The van der Waals surface area contributed by atoms with Crippen LogP contribution in [0.5, 0.6) is 11.5 Å². The quantitative estimate of drug-likeness (QED) is 0.401. The topological polar surface area (TPSA) is 60.5 Å². The summed E-state index contributed by atoms with van der Waals surface area (Å²) in [5, 5.41) is 5.93. The molecule has 0 spiro atoms. The van der Waals surface area contributed by atoms with E-state index < -0.39 is 5.91 Å². The van der Waals surface area contributed by atoms with E-state index in [0.29, 0.717) is 42.3 Å². The highest BCUT2D eigenvalue weighted by Gasteiger charge is 2.19. The highest BCUT2D eigenvalue weighted by Crippen LogP contribution is 2.37. The Morgan fingerprint density at radius 3 is 2.76 bits per heavy atom. The van der Waals surface area contributed by atoms with Crippen LogP contribution in [-0.4, -0.2) is 25.1 Å². The van der Waals surface area contributed by atoms with Crippen LogP contribution in [0.15, 0.2) is 41.8 Å². The molecule has 4 aromatic rings. The van der Waals surface area contributed by atoms with E-state index in [4.69, 9.17) is 21.1 Å². The molecular weight excluding hydrogens is 435 g/mol. The molecule has 0 aliphatic rings. The van der Waals surface area contributed by atoms with Crippen LogP contribution in [-0.2, 0) is 0 Å². The van der Waals surface area contributed by atoms with Crippen LogP contribution >= 0.6 is 34.3 Å². The number of anilines is 1. The van der Waals surface area contributed by atoms with Gasteiger partial charge in [-0.3, -0.25) is 10.1 Å². The van der Waals surface area contributed by atoms with Crippen LogP contribution in [0.25, 0.3) is 21.3 Å². The highest BCUT2D eigenvalue weighted by molar-refractivity contribution is 7.22. The molecule has 0 saturated heterocycles. The Morgan fingerprint density at radius 2 is 2.00 bits per heavy atom. The Hall–Kier alpha value is -2.68. The van der Waals surface area contributed by atoms with E-state index in [0.717, 1.165) is 16.9 Å². The summed E-state index contributed by atoms with van der Waals surface area (Å²) in [5.74, 6) is 0.543. The fourth-order valence-electron chi connectivity index (χ4n) is 2.81. The van der Waals surface area contributed by atoms with Gasteiger partial charge in [0.25, 0.3) is 5.91 Å². The Labute approximate surface area is 178 Å². The van der Waals surface area contributed by atoms with Crippen LogP contribution in [0.3, 0.4) is 0 Å². The number of ether oxygens (including phenoxy) is 2. The summed E-state index contributed by atoms with van der Waals surface area (Å²) in [6.07, 6.45) is 0. The molecule has 4 rings (SSSR count). The van der Waals surface area contributed by atoms with Gasteiger partial charge in [0.05, 0.1) is 24.9 Å². The van der Waals surface area contributed by atoms with E-state index in [1.54, 1.807) is 32.4 Å². The first-order chi connectivity index (χ1) is 14.0. The molecular formula is C20H14ClFN2O3S2. The Bertz CT molecular complexity index is 1220. The van der Waals surface area contributed by atoms with Crippen molar-refractivity contribution in [2.24, 2.45) is 0 Å². The maximum Gasteiger partial charge on any atom is 0.269 e. The number of nitrogens with one attached hydrogen (secondary N) is 1. The van der Waals surface area contributed by atoms with Crippen molar-refractivity contribution >= 4 is 55.4 Å². The molecule has 0 saturated carbocycles. The second-order valence-electron chi connectivity index (χ2n) is 5.94. The number of hydrogen-bond donors (Lipinski definition) is 1. The lowest BCUT2D eigenvalue weighted by Crippen LogP contribution is -2.10. The molecule has 0 radical (unpaired) electrons. The largest absolute Gasteiger partial charge is 0.497 e. The molecule has 0 aliphatic carbocycles. The maximum absolute atomic E-state index is 13.4. The predicted octanol–water partition coefficient (Wildman–Crippen LogP) is 6.09. The first kappa shape index (κ1) is 19.6. The van der Waals surface area contributed by atoms with E-state index in [1.165, 1.54) is 23.5 Å². The number of thiophene rings is 1. The van der Waals surface area contributed by atoms with Gasteiger partial charge in [0.15, 0.2) is 5.13 Å². The maximum atomic E-state index is 13.4. The molecule has 1 N–H and O–H groups in total. The van der Waals surface area contributed by atoms with Crippen LogP contribution in [0, 0.1) is 5.82 Å². The third-order valence-corrected chi connectivity index (χ3v) is 6.62. The second-order valence-corrected chi connectivity index (χ2v) is 8.23. The Morgan fingerprint density at radius 1 is 1.17 bits per heavy atom. The molecule has 0 atom stereocenters. The minimum Gasteiger partial charge on any atom is -0.497 e. The molecule has 148 valence electrons. The van der Waals surface area contributed by atoms with Gasteiger partial charge in [0.2, 0.25) is 0 Å². The summed E-state index contributed by atoms with van der Waals surface area (Å²) < 4.78 is 24.7. The fraction of sp³-hybridized carbons (Fsp3) is 0.100. The molecule has 0 fully saturated rings. The number of amides is 1. The van der Waals surface area contributed by atoms with E-state index in [-0.39, 0.29) is 5.82 Å². The van der Waals surface area contributed by atoms with Crippen molar-refractivity contribution < 1.29 is 18.7 Å². The van der Waals surface area contributed by atoms with Gasteiger partial charge in [-0.15, -0.1) is 22.7 Å². The molecule has 2 heterocycles. The first-order valence-corrected chi connectivity index (χ1v) is 10.4. The SMILES string of the molecule is COc1ccc(OC)c(-c2csc(NC(=O)c3sc4cc(F)ccc4c3Cl)n2)c1. The number of hydrogen-bond acceptors (Lipinski definition) is 6. The number of rotatable bonds is 5. The summed E-state index contributed by atoms with van der Waals surface area (Å²) >= 11 is 8.74. The number of aromatic nitrogens is 1. The molecule has 5 nitrogen and oxygen atoms in total. The molecule has 2 aromatic heterocycles. The van der Waals surface area contributed by atoms with Crippen molar-refractivity contribution in [1.82, 2.24) is 4.98 Å². The number of thiazole rings is 1. The minimum atomic E-state index is -0.393. The smallest absolute Gasteiger partial charge is 0.269 e. The zero-order valence-corrected chi connectivity index (χ0v) is 17.7. The van der Waals surface area contributed by atoms with E-state index in [9.17, 15) is 9.18 Å². The van der Waals surface area contributed by atoms with Crippen LogP contribution in [0.2, 0.25) is 5.02 Å². The van der Waals surface area contributed by atoms with Crippen LogP contribution < -0.4 is 14.8 Å². The Kier molecular flexibility index (Phi) is 5.40. The number of nitrogens with zero attached hydrogens (tertiary/aromatic N) is 1. The van der Waals surface area contributed by atoms with Gasteiger partial charge >= 0.3 is 0 Å². The molecule has 1 amide bonds. The van der Waals surface area contributed by atoms with Gasteiger partial charge in [-0.05, 0) is 36.4 Å². The fourth-order valence-corrected chi connectivity index (χ4v) is 4.95. The van der Waals surface area contributed by atoms with E-state index in [1.807, 2.05) is 11.4 Å². The monoisotopic (exact) mass is 448 g/mol. The average molecular weight is 449 g/mol. The van der Waals surface area contributed by atoms with E-state index in [2.05, 4.69) is 10.3 Å². The van der Waals surface area contributed by atoms with Crippen molar-refractivity contribution in [2.45, 2.75) is 0 Å². The van der Waals surface area contributed by atoms with Gasteiger partial charge in [-0.1, -0.05) is 11.6 Å².